The zero-order valence-corrected chi connectivity index (χ0v) is 75.7. The van der Waals surface area contributed by atoms with Gasteiger partial charge in [0.05, 0.1) is 66.1 Å². The largest absolute Gasteiger partial charge is 0.479 e. The van der Waals surface area contributed by atoms with Crippen molar-refractivity contribution in [1.29, 1.82) is 0 Å². The molecule has 11 heterocycles. The topological polar surface area (TPSA) is 972 Å². The first kappa shape index (κ1) is 116. The molecule has 35 N–H and O–H groups in total. The molecule has 0 unspecified atom stereocenters. The van der Waals surface area contributed by atoms with Gasteiger partial charge in [0.2, 0.25) is 35.4 Å². The fourth-order valence-corrected chi connectivity index (χ4v) is 18.1. The third kappa shape index (κ3) is 26.1. The first-order valence-electron chi connectivity index (χ1n) is 44.6. The number of carboxylic acid groups (broad SMARTS) is 1. The molecule has 11 aliphatic rings. The van der Waals surface area contributed by atoms with Crippen LogP contribution in [0.4, 0.5) is 0 Å². The number of carbonyl (C=O) groups is 7. The van der Waals surface area contributed by atoms with Gasteiger partial charge in [0.25, 0.3) is 0 Å². The van der Waals surface area contributed by atoms with E-state index in [9.17, 15) is 182 Å². The minimum atomic E-state index is -2.79. The van der Waals surface area contributed by atoms with Crippen molar-refractivity contribution in [2.75, 3.05) is 66.1 Å². The molecule has 63 nitrogen and oxygen atoms in total. The molecule has 11 saturated heterocycles. The number of aliphatic hydroxyl groups is 28. The Hall–Kier alpha value is -5.67. The van der Waals surface area contributed by atoms with Gasteiger partial charge >= 0.3 is 5.97 Å². The van der Waals surface area contributed by atoms with E-state index in [1.54, 1.807) is 0 Å². The van der Waals surface area contributed by atoms with Crippen LogP contribution in [0.3, 0.4) is 0 Å². The van der Waals surface area contributed by atoms with Gasteiger partial charge in [-0.3, -0.25) is 28.8 Å². The Kier molecular flexibility index (Phi) is 41.5. The zero-order valence-electron chi connectivity index (χ0n) is 75.7. The molecule has 0 aromatic rings. The highest BCUT2D eigenvalue weighted by molar-refractivity contribution is 5.76. The molecule has 63 heteroatoms. The van der Waals surface area contributed by atoms with E-state index in [0.717, 1.165) is 41.5 Å². The van der Waals surface area contributed by atoms with Crippen molar-refractivity contribution < 1.29 is 281 Å². The smallest absolute Gasteiger partial charge is 0.335 e. The molecule has 55 atom stereocenters. The Morgan fingerprint density at radius 2 is 0.454 bits per heavy atom. The molecule has 812 valence electrons. The standard InChI is InChI=1S/C78H128N6O57/c1-17(93)79-33-48(108)58(27(11-89)123-68(33)120)133-72-37(83-21(5)97)49(109)60(28(12-90)128-72)136-76-57(117)63(44(104)32(131-76)16-122-77-65(140-71-36(82-20(4)96)47(107)41(101)25(9-87)126-71)52(112)42(102)31(132-77)15-121-69-34(80-18(2)94)45(105)39(99)23(7-85)124-69)138-78-66(55(115)61(30(14-92)130-78)134-70-35(81-19(3)95)46(106)40(100)24(8-86)125-70)141-73-38(84-22(6)98)50(110)59(29(13-91)129-73)135-75-56(116)62(43(103)26(10-88)127-75)137-74-54(114)51(111)53(113)64(139-74)67(118)119/h23-66,68-78,85-92,99-117,120H,7-16H2,1-6H3,(H,79,93)(H,80,94)(H,81,95)(H,82,96)(H,83,97)(H,84,98)(H,118,119)/t23-,24-,25-,26-,27-,28-,29-,30-,31-,32-,33-,34-,35-,36-,37-,38-,39-,40-,41-,42-,43+,44-,45-,46-,47-,48-,49-,50-,51+,52+,53+,54-,55+,56-,57+,58-,59-,60-,61-,62+,63+,64+,65+,66+,68-,69-,70+,71+,72+,73+,74-,75+,76+,77+,78-/m1/s1. The van der Waals surface area contributed by atoms with Gasteiger partial charge in [-0.25, -0.2) is 4.79 Å². The Morgan fingerprint density at radius 3 is 0.844 bits per heavy atom. The zero-order chi connectivity index (χ0) is 104. The minimum absolute atomic E-state index is 0.829. The van der Waals surface area contributed by atoms with Crippen LogP contribution in [0, 0.1) is 0 Å². The van der Waals surface area contributed by atoms with Crippen LogP contribution >= 0.6 is 0 Å². The molecular formula is C78H128N6O57. The number of carbonyl (C=O) groups excluding carboxylic acids is 6. The lowest BCUT2D eigenvalue weighted by Gasteiger charge is -2.52. The van der Waals surface area contributed by atoms with Crippen LogP contribution in [0.15, 0.2) is 0 Å². The van der Waals surface area contributed by atoms with Crippen molar-refractivity contribution in [3.8, 4) is 0 Å². The summed E-state index contributed by atoms with van der Waals surface area (Å²) in [4.78, 5) is 89.4. The number of hydrogen-bond acceptors (Lipinski definition) is 56. The van der Waals surface area contributed by atoms with Crippen molar-refractivity contribution >= 4 is 41.4 Å². The maximum Gasteiger partial charge on any atom is 0.335 e. The molecule has 0 aliphatic carbocycles. The van der Waals surface area contributed by atoms with Crippen molar-refractivity contribution in [3.63, 3.8) is 0 Å². The molecule has 11 rings (SSSR count). The van der Waals surface area contributed by atoms with Crippen molar-refractivity contribution in [2.45, 2.75) is 379 Å². The number of hydrogen-bond donors (Lipinski definition) is 35. The van der Waals surface area contributed by atoms with E-state index in [1.165, 1.54) is 0 Å². The third-order valence-corrected chi connectivity index (χ3v) is 25.3. The average molecular weight is 2060 g/mol. The minimum Gasteiger partial charge on any atom is -0.479 e. The second-order valence-corrected chi connectivity index (χ2v) is 35.3. The van der Waals surface area contributed by atoms with Crippen LogP contribution in [0.25, 0.3) is 0 Å². The quantitative estimate of drug-likeness (QED) is 0.0275. The van der Waals surface area contributed by atoms with E-state index in [1.807, 2.05) is 0 Å². The number of aliphatic carboxylic acids is 1. The van der Waals surface area contributed by atoms with E-state index >= 15 is 0 Å². The van der Waals surface area contributed by atoms with Crippen LogP contribution < -0.4 is 31.9 Å². The normalized spacial score (nSPS) is 47.8. The molecule has 141 heavy (non-hydrogen) atoms. The predicted molar refractivity (Wildman–Crippen MR) is 432 cm³/mol. The van der Waals surface area contributed by atoms with Gasteiger partial charge in [0.15, 0.2) is 75.3 Å². The van der Waals surface area contributed by atoms with E-state index in [2.05, 4.69) is 31.9 Å². The molecule has 0 aromatic heterocycles. The summed E-state index contributed by atoms with van der Waals surface area (Å²) in [5.41, 5.74) is 0. The summed E-state index contributed by atoms with van der Waals surface area (Å²) in [6.45, 7) is -6.46. The predicted octanol–water partition coefficient (Wildman–Crippen LogP) is -24.0. The second-order valence-electron chi connectivity index (χ2n) is 35.3. The Morgan fingerprint density at radius 1 is 0.206 bits per heavy atom. The fraction of sp³-hybridized carbons (Fsp3) is 0.910. The Labute approximate surface area is 797 Å². The van der Waals surface area contributed by atoms with Gasteiger partial charge in [-0.15, -0.1) is 0 Å². The average Bonchev–Trinajstić information content (AvgIpc) is 0.749. The van der Waals surface area contributed by atoms with Gasteiger partial charge in [-0.1, -0.05) is 0 Å². The number of aliphatic hydroxyl groups excluding tert-OH is 28. The summed E-state index contributed by atoms with van der Waals surface area (Å²) in [6, 6.07) is -11.5. The van der Waals surface area contributed by atoms with Gasteiger partial charge < -0.3 is 279 Å². The number of nitrogens with one attached hydrogen (secondary N) is 6. The molecule has 6 amide bonds. The fourth-order valence-electron chi connectivity index (χ4n) is 18.1. The number of ether oxygens (including phenoxy) is 21. The van der Waals surface area contributed by atoms with Crippen LogP contribution in [-0.2, 0) is 133 Å². The maximum atomic E-state index is 13.6. The molecule has 11 aliphatic heterocycles. The highest BCUT2D eigenvalue weighted by atomic mass is 16.8. The van der Waals surface area contributed by atoms with Gasteiger partial charge in [0, 0.05) is 41.5 Å². The lowest BCUT2D eigenvalue weighted by atomic mass is 9.93. The summed E-state index contributed by atoms with van der Waals surface area (Å²) in [6.07, 6.45) is -110. The third-order valence-electron chi connectivity index (χ3n) is 25.3. The van der Waals surface area contributed by atoms with Crippen molar-refractivity contribution in [1.82, 2.24) is 31.9 Å². The molecule has 11 fully saturated rings. The number of rotatable bonds is 37. The summed E-state index contributed by atoms with van der Waals surface area (Å²) in [7, 11) is 0. The van der Waals surface area contributed by atoms with Gasteiger partial charge in [-0.05, 0) is 0 Å². The van der Waals surface area contributed by atoms with Crippen LogP contribution in [-0.4, -0.2) is 593 Å². The first-order chi connectivity index (χ1) is 66.6. The molecule has 0 aromatic carbocycles. The van der Waals surface area contributed by atoms with Crippen LogP contribution in [0.2, 0.25) is 0 Å². The molecule has 0 spiro atoms. The highest BCUT2D eigenvalue weighted by Crippen LogP contribution is 2.42. The lowest BCUT2D eigenvalue weighted by molar-refractivity contribution is -0.406. The van der Waals surface area contributed by atoms with E-state index in [-0.39, 0.29) is 0 Å². The van der Waals surface area contributed by atoms with Crippen molar-refractivity contribution in [3.05, 3.63) is 0 Å². The number of carboxylic acids is 1. The molecule has 0 radical (unpaired) electrons. The highest BCUT2D eigenvalue weighted by Gasteiger charge is 2.64. The van der Waals surface area contributed by atoms with Gasteiger partial charge in [-0.2, -0.15) is 0 Å². The van der Waals surface area contributed by atoms with E-state index in [4.69, 9.17) is 99.5 Å². The Bertz CT molecular complexity index is 4010. The van der Waals surface area contributed by atoms with Gasteiger partial charge in [0.1, 0.15) is 262 Å². The lowest BCUT2D eigenvalue weighted by Crippen LogP contribution is -2.71. The molecule has 0 saturated carbocycles. The second kappa shape index (κ2) is 50.6. The molecular weight excluding hydrogens is 1930 g/mol. The number of amides is 6. The van der Waals surface area contributed by atoms with E-state index in [0.29, 0.717) is 0 Å². The SMILES string of the molecule is CC(=O)N[C@@H]1[C@@H](O)[C@H](O[C@@H]2O[C@H](CO)[C@@H](O[C@@H]3O[C@H](CO[C@H]4O[C@H](CO[C@@H]5O[C@H](CO)[C@@H](O)[C@H](O)[C@H]5NC(C)=O)[C@@H](O)[C@H](O)[C@@H]4O[C@@H]4O[C@H](CO)[C@@H](O)[C@H](O)[C@H]4NC(C)=O)[C@@H](O)[C@H](O[C@H]4O[C@H](CO)[C@@H](O[C@@H]5O[C@H](CO)[C@@H](O)[C@H](O)[C@H]5NC(C)=O)[C@H](O)[C@@H]4O[C@@H]4O[C@H](CO)[C@@H](O[C@@H]5O[C@H](CO)[C@H](O)[C@H](O[C@@H]6O[C@H](C(=O)O)[C@@H](O)[C@H](O)[C@H]6O)[C@H]5O)[C@H](O)[C@H]4NC(C)=O)[C@@H]3O)[C@H](O)[C@H]2NC(C)=O)[C@@H](CO)O[C@H]1O. The van der Waals surface area contributed by atoms with Crippen molar-refractivity contribution in [2.24, 2.45) is 0 Å². The molecule has 0 bridgehead atoms. The monoisotopic (exact) mass is 2060 g/mol. The van der Waals surface area contributed by atoms with Crippen LogP contribution in [0.5, 0.6) is 0 Å². The summed E-state index contributed by atoms with van der Waals surface area (Å²) < 4.78 is 126. The van der Waals surface area contributed by atoms with E-state index < -0.39 is 445 Å². The first-order valence-corrected chi connectivity index (χ1v) is 44.6. The summed E-state index contributed by atoms with van der Waals surface area (Å²) in [5, 5.41) is 343. The maximum absolute atomic E-state index is 13.6. The Balaban J connectivity index is 0.999. The van der Waals surface area contributed by atoms with Crippen LogP contribution in [0.1, 0.15) is 41.5 Å². The summed E-state index contributed by atoms with van der Waals surface area (Å²) in [5.74, 6) is -7.64. The summed E-state index contributed by atoms with van der Waals surface area (Å²) >= 11 is 0.